The normalized spacial score (nSPS) is 17.5. The molecule has 1 aliphatic carbocycles. The fourth-order valence-electron chi connectivity index (χ4n) is 1.99. The fourth-order valence-corrected chi connectivity index (χ4v) is 1.99. The molecular weight excluding hydrogens is 188 g/mol. The van der Waals surface area contributed by atoms with Crippen LogP contribution in [0.25, 0.3) is 0 Å². The second kappa shape index (κ2) is 3.78. The lowest BCUT2D eigenvalue weighted by molar-refractivity contribution is -0.116. The van der Waals surface area contributed by atoms with Gasteiger partial charge in [-0.2, -0.15) is 0 Å². The number of hydrogen-bond acceptors (Lipinski definition) is 2. The molecule has 2 rings (SSSR count). The number of benzene rings is 1. The van der Waals surface area contributed by atoms with Crippen molar-refractivity contribution in [2.75, 3.05) is 6.61 Å². The van der Waals surface area contributed by atoms with Gasteiger partial charge in [0.15, 0.2) is 0 Å². The lowest BCUT2D eigenvalue weighted by Crippen LogP contribution is -2.12. The van der Waals surface area contributed by atoms with Gasteiger partial charge in [0, 0.05) is 11.8 Å². The first-order valence-electron chi connectivity index (χ1n) is 5.36. The van der Waals surface area contributed by atoms with Crippen LogP contribution in [0, 0.1) is 0 Å². The molecule has 1 aliphatic rings. The molecule has 2 heteroatoms. The van der Waals surface area contributed by atoms with Crippen molar-refractivity contribution < 1.29 is 9.90 Å². The van der Waals surface area contributed by atoms with Crippen LogP contribution in [0.1, 0.15) is 30.9 Å². The molecule has 0 saturated heterocycles. The van der Waals surface area contributed by atoms with Crippen LogP contribution >= 0.6 is 0 Å². The van der Waals surface area contributed by atoms with Gasteiger partial charge in [0.2, 0.25) is 0 Å². The maximum Gasteiger partial charge on any atom is 0.134 e. The Balaban J connectivity index is 2.23. The first kappa shape index (κ1) is 10.4. The first-order valence-corrected chi connectivity index (χ1v) is 5.36. The molecule has 0 radical (unpaired) electrons. The van der Waals surface area contributed by atoms with Crippen molar-refractivity contribution in [1.82, 2.24) is 0 Å². The van der Waals surface area contributed by atoms with Gasteiger partial charge in [0.05, 0.1) is 6.61 Å². The van der Waals surface area contributed by atoms with Crippen molar-refractivity contribution >= 4 is 5.78 Å². The number of Topliss-reactive ketones (excluding diaryl/α,β-unsaturated/α-hetero) is 1. The molecule has 15 heavy (non-hydrogen) atoms. The lowest BCUT2D eigenvalue weighted by atomic mass is 9.94. The summed E-state index contributed by atoms with van der Waals surface area (Å²) in [5.74, 6) is 0.181. The first-order chi connectivity index (χ1) is 7.16. The average Bonchev–Trinajstić information content (AvgIpc) is 2.97. The smallest absolute Gasteiger partial charge is 0.134 e. The van der Waals surface area contributed by atoms with E-state index in [0.717, 1.165) is 18.4 Å². The predicted octanol–water partition coefficient (Wildman–Crippen LogP) is 1.84. The molecule has 0 atom stereocenters. The van der Waals surface area contributed by atoms with E-state index < -0.39 is 0 Å². The van der Waals surface area contributed by atoms with E-state index in [0.29, 0.717) is 6.42 Å². The summed E-state index contributed by atoms with van der Waals surface area (Å²) in [5, 5.41) is 9.32. The summed E-state index contributed by atoms with van der Waals surface area (Å²) in [4.78, 5) is 11.0. The van der Waals surface area contributed by atoms with E-state index in [1.54, 1.807) is 6.92 Å². The van der Waals surface area contributed by atoms with E-state index in [1.807, 2.05) is 18.2 Å². The highest BCUT2D eigenvalue weighted by Crippen LogP contribution is 2.47. The molecule has 0 spiro atoms. The number of carbonyl (C=O) groups excluding carboxylic acids is 1. The zero-order valence-corrected chi connectivity index (χ0v) is 8.99. The summed E-state index contributed by atoms with van der Waals surface area (Å²) in [6, 6.07) is 8.05. The van der Waals surface area contributed by atoms with E-state index in [-0.39, 0.29) is 17.8 Å². The van der Waals surface area contributed by atoms with Crippen molar-refractivity contribution in [3.8, 4) is 0 Å². The van der Waals surface area contributed by atoms with Crippen LogP contribution in [0.15, 0.2) is 24.3 Å². The third-order valence-electron chi connectivity index (χ3n) is 3.15. The number of rotatable bonds is 4. The highest BCUT2D eigenvalue weighted by Gasteiger charge is 2.43. The van der Waals surface area contributed by atoms with Gasteiger partial charge in [-0.25, -0.2) is 0 Å². The van der Waals surface area contributed by atoms with Crippen molar-refractivity contribution in [1.29, 1.82) is 0 Å². The van der Waals surface area contributed by atoms with Crippen molar-refractivity contribution in [2.45, 2.75) is 31.6 Å². The van der Waals surface area contributed by atoms with Crippen molar-refractivity contribution in [3.63, 3.8) is 0 Å². The highest BCUT2D eigenvalue weighted by atomic mass is 16.3. The standard InChI is InChI=1S/C13H16O2/c1-10(15)7-11-3-2-4-12(8-11)13(9-14)5-6-13/h2-4,8,14H,5-7,9H2,1H3. The minimum Gasteiger partial charge on any atom is -0.395 e. The van der Waals surface area contributed by atoms with Crippen LogP contribution < -0.4 is 0 Å². The van der Waals surface area contributed by atoms with Crippen LogP contribution in [0.4, 0.5) is 0 Å². The SMILES string of the molecule is CC(=O)Cc1cccc(C2(CO)CC2)c1. The Hall–Kier alpha value is -1.15. The Kier molecular flexibility index (Phi) is 2.61. The van der Waals surface area contributed by atoms with Gasteiger partial charge in [-0.15, -0.1) is 0 Å². The molecule has 0 unspecified atom stereocenters. The maximum atomic E-state index is 11.0. The zero-order valence-electron chi connectivity index (χ0n) is 8.99. The molecule has 0 amide bonds. The summed E-state index contributed by atoms with van der Waals surface area (Å²) in [5.41, 5.74) is 2.25. The van der Waals surface area contributed by atoms with Gasteiger partial charge < -0.3 is 5.11 Å². The fraction of sp³-hybridized carbons (Fsp3) is 0.462. The molecule has 1 aromatic rings. The largest absolute Gasteiger partial charge is 0.395 e. The van der Waals surface area contributed by atoms with Gasteiger partial charge in [0.25, 0.3) is 0 Å². The number of hydrogen-bond donors (Lipinski definition) is 1. The zero-order chi connectivity index (χ0) is 10.9. The van der Waals surface area contributed by atoms with Crippen LogP contribution in [-0.2, 0) is 16.6 Å². The Labute approximate surface area is 89.9 Å². The Morgan fingerprint density at radius 3 is 2.73 bits per heavy atom. The van der Waals surface area contributed by atoms with Gasteiger partial charge in [-0.05, 0) is 30.9 Å². The number of aliphatic hydroxyl groups excluding tert-OH is 1. The second-order valence-electron chi connectivity index (χ2n) is 4.52. The minimum atomic E-state index is 0.00675. The molecule has 0 aromatic heterocycles. The van der Waals surface area contributed by atoms with Gasteiger partial charge in [-0.3, -0.25) is 4.79 Å². The van der Waals surface area contributed by atoms with Crippen molar-refractivity contribution in [3.05, 3.63) is 35.4 Å². The van der Waals surface area contributed by atoms with E-state index in [9.17, 15) is 9.90 Å². The quantitative estimate of drug-likeness (QED) is 0.812. The molecule has 0 heterocycles. The number of ketones is 1. The Morgan fingerprint density at radius 1 is 1.47 bits per heavy atom. The molecule has 0 bridgehead atoms. The van der Waals surface area contributed by atoms with Crippen LogP contribution in [0.5, 0.6) is 0 Å². The topological polar surface area (TPSA) is 37.3 Å². The Morgan fingerprint density at radius 2 is 2.20 bits per heavy atom. The maximum absolute atomic E-state index is 11.0. The van der Waals surface area contributed by atoms with Crippen LogP contribution in [0.2, 0.25) is 0 Å². The molecule has 1 saturated carbocycles. The van der Waals surface area contributed by atoms with Crippen molar-refractivity contribution in [2.24, 2.45) is 0 Å². The molecule has 1 fully saturated rings. The van der Waals surface area contributed by atoms with E-state index in [1.165, 1.54) is 5.56 Å². The highest BCUT2D eigenvalue weighted by molar-refractivity contribution is 5.78. The van der Waals surface area contributed by atoms with Gasteiger partial charge in [0.1, 0.15) is 5.78 Å². The third kappa shape index (κ3) is 2.10. The minimum absolute atomic E-state index is 0.00675. The molecule has 0 aliphatic heterocycles. The molecule has 1 aromatic carbocycles. The summed E-state index contributed by atoms with van der Waals surface area (Å²) in [6.45, 7) is 1.82. The van der Waals surface area contributed by atoms with E-state index in [4.69, 9.17) is 0 Å². The van der Waals surface area contributed by atoms with Gasteiger partial charge in [-0.1, -0.05) is 24.3 Å². The number of aliphatic hydroxyl groups is 1. The summed E-state index contributed by atoms with van der Waals surface area (Å²) in [6.07, 6.45) is 2.62. The van der Waals surface area contributed by atoms with E-state index >= 15 is 0 Å². The van der Waals surface area contributed by atoms with E-state index in [2.05, 4.69) is 6.07 Å². The Bertz CT molecular complexity index is 378. The number of carbonyl (C=O) groups is 1. The predicted molar refractivity (Wildman–Crippen MR) is 58.8 cm³/mol. The molecule has 80 valence electrons. The summed E-state index contributed by atoms with van der Waals surface area (Å²) >= 11 is 0. The molecular formula is C13H16O2. The third-order valence-corrected chi connectivity index (χ3v) is 3.15. The monoisotopic (exact) mass is 204 g/mol. The molecule has 1 N–H and O–H groups in total. The van der Waals surface area contributed by atoms with Gasteiger partial charge >= 0.3 is 0 Å². The summed E-state index contributed by atoms with van der Waals surface area (Å²) < 4.78 is 0. The lowest BCUT2D eigenvalue weighted by Gasteiger charge is -2.12. The molecule has 2 nitrogen and oxygen atoms in total. The average molecular weight is 204 g/mol. The van der Waals surface area contributed by atoms with Crippen LogP contribution in [0.3, 0.4) is 0 Å². The second-order valence-corrected chi connectivity index (χ2v) is 4.52. The summed E-state index contributed by atoms with van der Waals surface area (Å²) in [7, 11) is 0. The van der Waals surface area contributed by atoms with Crippen LogP contribution in [-0.4, -0.2) is 17.5 Å².